The smallest absolute Gasteiger partial charge is 0.148 e. The van der Waals surface area contributed by atoms with E-state index in [-0.39, 0.29) is 30.1 Å². The number of hydroxylamine groups is 3. The van der Waals surface area contributed by atoms with Gasteiger partial charge in [-0.25, -0.2) is 0 Å². The van der Waals surface area contributed by atoms with E-state index in [1.807, 2.05) is 6.07 Å². The molecule has 2 unspecified atom stereocenters. The molecule has 2 aromatic rings. The number of hydrogen-bond acceptors (Lipinski definition) is 1. The second-order valence-electron chi connectivity index (χ2n) is 5.60. The zero-order valence-electron chi connectivity index (χ0n) is 11.9. The van der Waals surface area contributed by atoms with Crippen LogP contribution in [0, 0.1) is 0 Å². The predicted molar refractivity (Wildman–Crippen MR) is 76.2 cm³/mol. The molecule has 0 amide bonds. The van der Waals surface area contributed by atoms with E-state index < -0.39 is 0 Å². The summed E-state index contributed by atoms with van der Waals surface area (Å²) in [5, 5.41) is 0. The average molecular weight is 381 g/mol. The molecule has 0 radical (unpaired) electrons. The highest BCUT2D eigenvalue weighted by Crippen LogP contribution is 2.44. The van der Waals surface area contributed by atoms with Gasteiger partial charge >= 0.3 is 0 Å². The summed E-state index contributed by atoms with van der Waals surface area (Å²) in [6.07, 6.45) is 1.21. The van der Waals surface area contributed by atoms with Crippen LogP contribution < -0.4 is 24.0 Å². The molecule has 1 saturated heterocycles. The molecule has 106 valence electrons. The van der Waals surface area contributed by atoms with Gasteiger partial charge in [-0.2, -0.15) is 9.48 Å². The highest BCUT2D eigenvalue weighted by atomic mass is 127. The van der Waals surface area contributed by atoms with E-state index in [0.29, 0.717) is 10.7 Å². The molecule has 2 atom stereocenters. The average Bonchev–Trinajstić information content (AvgIpc) is 2.77. The Labute approximate surface area is 137 Å². The van der Waals surface area contributed by atoms with Gasteiger partial charge in [0.1, 0.15) is 12.1 Å². The molecule has 3 rings (SSSR count). The number of benzene rings is 2. The van der Waals surface area contributed by atoms with Gasteiger partial charge in [-0.05, 0) is 5.56 Å². The van der Waals surface area contributed by atoms with E-state index in [1.165, 1.54) is 11.1 Å². The Bertz CT molecular complexity index is 541. The van der Waals surface area contributed by atoms with Crippen molar-refractivity contribution in [3.8, 4) is 0 Å². The Morgan fingerprint density at radius 2 is 1.35 bits per heavy atom. The zero-order valence-corrected chi connectivity index (χ0v) is 14.0. The lowest BCUT2D eigenvalue weighted by Gasteiger charge is -2.28. The first-order valence-corrected chi connectivity index (χ1v) is 6.79. The van der Waals surface area contributed by atoms with E-state index >= 15 is 0 Å². The van der Waals surface area contributed by atoms with Gasteiger partial charge in [-0.1, -0.05) is 60.7 Å². The Morgan fingerprint density at radius 3 is 1.90 bits per heavy atom. The van der Waals surface area contributed by atoms with Gasteiger partial charge < -0.3 is 24.0 Å². The molecular formula is C17H20INO. The van der Waals surface area contributed by atoms with Gasteiger partial charge in [-0.3, -0.25) is 0 Å². The Balaban J connectivity index is 0.00000147. The molecular weight excluding hydrogens is 361 g/mol. The van der Waals surface area contributed by atoms with Gasteiger partial charge in [0.15, 0.2) is 0 Å². The number of hydrogen-bond donors (Lipinski definition) is 0. The van der Waals surface area contributed by atoms with Crippen LogP contribution in [0.15, 0.2) is 60.7 Å². The SMILES string of the molecule is C[N+]1(C)OC(c2ccccc2)CC1c1ccccc1.[I-]. The fourth-order valence-corrected chi connectivity index (χ4v) is 2.94. The molecule has 1 heterocycles. The standard InChI is InChI=1S/C17H20NO.HI/c1-18(2)16(14-9-5-3-6-10-14)13-17(19-18)15-11-7-4-8-12-15;/h3-12,16-17H,13H2,1-2H3;1H/q+1;/p-1. The predicted octanol–water partition coefficient (Wildman–Crippen LogP) is 0.885. The van der Waals surface area contributed by atoms with Crippen LogP contribution in [0.5, 0.6) is 0 Å². The third-order valence-corrected chi connectivity index (χ3v) is 3.94. The number of rotatable bonds is 2. The van der Waals surface area contributed by atoms with E-state index in [2.05, 4.69) is 68.7 Å². The first-order chi connectivity index (χ1) is 9.17. The van der Waals surface area contributed by atoms with Crippen LogP contribution in [-0.4, -0.2) is 18.7 Å². The fourth-order valence-electron chi connectivity index (χ4n) is 2.94. The molecule has 0 aromatic heterocycles. The van der Waals surface area contributed by atoms with Crippen molar-refractivity contribution in [2.75, 3.05) is 14.1 Å². The molecule has 0 N–H and O–H groups in total. The van der Waals surface area contributed by atoms with E-state index in [4.69, 9.17) is 4.84 Å². The summed E-state index contributed by atoms with van der Waals surface area (Å²) in [5.74, 6) is 0. The zero-order chi connectivity index (χ0) is 13.3. The number of quaternary nitrogens is 1. The first kappa shape index (κ1) is 15.5. The van der Waals surface area contributed by atoms with Gasteiger partial charge in [0.2, 0.25) is 0 Å². The van der Waals surface area contributed by atoms with Crippen molar-refractivity contribution in [1.82, 2.24) is 0 Å². The molecule has 1 aliphatic heterocycles. The van der Waals surface area contributed by atoms with Crippen molar-refractivity contribution < 1.29 is 33.5 Å². The maximum atomic E-state index is 6.24. The van der Waals surface area contributed by atoms with Gasteiger partial charge in [0.05, 0.1) is 14.1 Å². The van der Waals surface area contributed by atoms with Crippen LogP contribution in [0.4, 0.5) is 0 Å². The van der Waals surface area contributed by atoms with Crippen LogP contribution in [0.2, 0.25) is 0 Å². The fraction of sp³-hybridized carbons (Fsp3) is 0.294. The minimum atomic E-state index is 0. The molecule has 3 heteroatoms. The Hall–Kier alpha value is -0.910. The Morgan fingerprint density at radius 1 is 0.850 bits per heavy atom. The summed E-state index contributed by atoms with van der Waals surface area (Å²) in [7, 11) is 4.28. The summed E-state index contributed by atoms with van der Waals surface area (Å²) < 4.78 is 0.587. The van der Waals surface area contributed by atoms with E-state index in [1.54, 1.807) is 0 Å². The van der Waals surface area contributed by atoms with Gasteiger partial charge in [-0.15, -0.1) is 0 Å². The quantitative estimate of drug-likeness (QED) is 0.555. The van der Waals surface area contributed by atoms with Crippen molar-refractivity contribution >= 4 is 0 Å². The minimum Gasteiger partial charge on any atom is -1.00 e. The monoisotopic (exact) mass is 381 g/mol. The van der Waals surface area contributed by atoms with Crippen molar-refractivity contribution in [1.29, 1.82) is 0 Å². The summed E-state index contributed by atoms with van der Waals surface area (Å²) in [4.78, 5) is 6.24. The van der Waals surface area contributed by atoms with Crippen LogP contribution in [0.25, 0.3) is 0 Å². The third kappa shape index (κ3) is 3.05. The third-order valence-electron chi connectivity index (χ3n) is 3.94. The summed E-state index contributed by atoms with van der Waals surface area (Å²) in [6, 6.07) is 21.6. The molecule has 2 aromatic carbocycles. The lowest BCUT2D eigenvalue weighted by molar-refractivity contribution is -1.09. The van der Waals surface area contributed by atoms with Crippen molar-refractivity contribution in [2.24, 2.45) is 0 Å². The van der Waals surface area contributed by atoms with E-state index in [0.717, 1.165) is 6.42 Å². The van der Waals surface area contributed by atoms with Crippen LogP contribution >= 0.6 is 0 Å². The second-order valence-corrected chi connectivity index (χ2v) is 5.60. The number of nitrogens with zero attached hydrogens (tertiary/aromatic N) is 1. The van der Waals surface area contributed by atoms with Crippen LogP contribution in [-0.2, 0) is 4.84 Å². The normalized spacial score (nSPS) is 24.1. The lowest BCUT2D eigenvalue weighted by atomic mass is 9.97. The first-order valence-electron chi connectivity index (χ1n) is 6.79. The highest BCUT2D eigenvalue weighted by Gasteiger charge is 2.44. The summed E-state index contributed by atoms with van der Waals surface area (Å²) in [5.41, 5.74) is 2.62. The molecule has 0 spiro atoms. The lowest BCUT2D eigenvalue weighted by Crippen LogP contribution is -3.00. The molecule has 2 nitrogen and oxygen atoms in total. The molecule has 1 fully saturated rings. The molecule has 0 bridgehead atoms. The summed E-state index contributed by atoms with van der Waals surface area (Å²) in [6.45, 7) is 0. The van der Waals surface area contributed by atoms with Gasteiger partial charge in [0, 0.05) is 12.0 Å². The molecule has 1 aliphatic rings. The number of halogens is 1. The van der Waals surface area contributed by atoms with Crippen molar-refractivity contribution in [3.05, 3.63) is 71.8 Å². The molecule has 0 aliphatic carbocycles. The Kier molecular flexibility index (Phi) is 4.83. The molecule has 20 heavy (non-hydrogen) atoms. The van der Waals surface area contributed by atoms with Crippen molar-refractivity contribution in [3.63, 3.8) is 0 Å². The van der Waals surface area contributed by atoms with Crippen molar-refractivity contribution in [2.45, 2.75) is 18.6 Å². The maximum Gasteiger partial charge on any atom is 0.148 e. The van der Waals surface area contributed by atoms with Crippen LogP contribution in [0.3, 0.4) is 0 Å². The minimum absolute atomic E-state index is 0. The largest absolute Gasteiger partial charge is 1.00 e. The second kappa shape index (κ2) is 6.24. The van der Waals surface area contributed by atoms with E-state index in [9.17, 15) is 0 Å². The summed E-state index contributed by atoms with van der Waals surface area (Å²) >= 11 is 0. The molecule has 0 saturated carbocycles. The van der Waals surface area contributed by atoms with Gasteiger partial charge in [0.25, 0.3) is 0 Å². The van der Waals surface area contributed by atoms with Crippen LogP contribution in [0.1, 0.15) is 29.7 Å². The topological polar surface area (TPSA) is 9.23 Å². The highest BCUT2D eigenvalue weighted by molar-refractivity contribution is 5.22. The maximum absolute atomic E-state index is 6.24.